The van der Waals surface area contributed by atoms with Crippen molar-refractivity contribution < 1.29 is 9.47 Å². The monoisotopic (exact) mass is 218 g/mol. The molecule has 0 radical (unpaired) electrons. The Kier molecular flexibility index (Phi) is 6.32. The van der Waals surface area contributed by atoms with Gasteiger partial charge >= 0.3 is 0 Å². The molecule has 1 aromatic rings. The highest BCUT2D eigenvalue weighted by Crippen LogP contribution is 2.09. The molecule has 0 saturated heterocycles. The summed E-state index contributed by atoms with van der Waals surface area (Å²) in [7, 11) is 1.62. The van der Waals surface area contributed by atoms with E-state index in [-0.39, 0.29) is 6.10 Å². The summed E-state index contributed by atoms with van der Waals surface area (Å²) in [6.07, 6.45) is 7.93. The van der Waals surface area contributed by atoms with Crippen molar-refractivity contribution in [1.82, 2.24) is 0 Å². The van der Waals surface area contributed by atoms with E-state index in [2.05, 4.69) is 18.1 Å². The van der Waals surface area contributed by atoms with Crippen molar-refractivity contribution in [3.05, 3.63) is 35.9 Å². The van der Waals surface area contributed by atoms with Gasteiger partial charge in [-0.25, -0.2) is 0 Å². The van der Waals surface area contributed by atoms with Crippen LogP contribution in [0.3, 0.4) is 0 Å². The fourth-order valence-electron chi connectivity index (χ4n) is 1.51. The molecular weight excluding hydrogens is 200 g/mol. The number of aryl methyl sites for hydroxylation is 1. The van der Waals surface area contributed by atoms with Crippen LogP contribution in [0.2, 0.25) is 0 Å². The molecule has 1 rings (SSSR count). The van der Waals surface area contributed by atoms with Crippen LogP contribution in [-0.2, 0) is 15.9 Å². The van der Waals surface area contributed by atoms with Gasteiger partial charge in [-0.15, -0.1) is 12.3 Å². The summed E-state index contributed by atoms with van der Waals surface area (Å²) in [4.78, 5) is 0. The quantitative estimate of drug-likeness (QED) is 0.517. The zero-order valence-corrected chi connectivity index (χ0v) is 9.69. The summed E-state index contributed by atoms with van der Waals surface area (Å²) in [5.41, 5.74) is 1.31. The van der Waals surface area contributed by atoms with Crippen molar-refractivity contribution in [2.45, 2.75) is 25.4 Å². The largest absolute Gasteiger partial charge is 0.359 e. The lowest BCUT2D eigenvalue weighted by Gasteiger charge is -2.14. The third-order valence-electron chi connectivity index (χ3n) is 2.36. The minimum atomic E-state index is 0.0881. The molecule has 0 fully saturated rings. The van der Waals surface area contributed by atoms with Crippen molar-refractivity contribution in [3.63, 3.8) is 0 Å². The number of ether oxygens (including phenoxy) is 2. The zero-order valence-electron chi connectivity index (χ0n) is 9.69. The molecule has 2 nitrogen and oxygen atoms in total. The van der Waals surface area contributed by atoms with E-state index < -0.39 is 0 Å². The Morgan fingerprint density at radius 1 is 1.31 bits per heavy atom. The average molecular weight is 218 g/mol. The molecule has 0 amide bonds. The molecule has 0 aromatic heterocycles. The van der Waals surface area contributed by atoms with Gasteiger partial charge in [-0.3, -0.25) is 0 Å². The molecule has 0 bridgehead atoms. The van der Waals surface area contributed by atoms with Crippen molar-refractivity contribution >= 4 is 0 Å². The van der Waals surface area contributed by atoms with E-state index in [9.17, 15) is 0 Å². The summed E-state index contributed by atoms with van der Waals surface area (Å²) in [6, 6.07) is 10.3. The van der Waals surface area contributed by atoms with Crippen LogP contribution in [0.5, 0.6) is 0 Å². The number of hydrogen-bond donors (Lipinski definition) is 0. The second-order valence-electron chi connectivity index (χ2n) is 3.63. The molecule has 0 spiro atoms. The number of hydrogen-bond acceptors (Lipinski definition) is 2. The SMILES string of the molecule is C#CCC(CCc1ccccc1)OCOC. The summed E-state index contributed by atoms with van der Waals surface area (Å²) in [5.74, 6) is 2.63. The fourth-order valence-corrected chi connectivity index (χ4v) is 1.51. The predicted molar refractivity (Wildman–Crippen MR) is 65.0 cm³/mol. The standard InChI is InChI=1S/C14H18O2/c1-3-7-14(16-12-15-2)11-10-13-8-5-4-6-9-13/h1,4-6,8-9,14H,7,10-12H2,2H3. The van der Waals surface area contributed by atoms with Crippen LogP contribution in [-0.4, -0.2) is 20.0 Å². The van der Waals surface area contributed by atoms with Crippen molar-refractivity contribution in [3.8, 4) is 12.3 Å². The minimum absolute atomic E-state index is 0.0881. The molecular formula is C14H18O2. The zero-order chi connectivity index (χ0) is 11.6. The molecule has 0 aliphatic heterocycles. The maximum absolute atomic E-state index is 5.49. The number of benzene rings is 1. The van der Waals surface area contributed by atoms with Gasteiger partial charge in [0.05, 0.1) is 6.10 Å². The van der Waals surface area contributed by atoms with E-state index >= 15 is 0 Å². The molecule has 0 aliphatic carbocycles. The van der Waals surface area contributed by atoms with Crippen molar-refractivity contribution in [2.24, 2.45) is 0 Å². The first kappa shape index (κ1) is 12.8. The Morgan fingerprint density at radius 2 is 2.06 bits per heavy atom. The van der Waals surface area contributed by atoms with E-state index in [1.165, 1.54) is 5.56 Å². The molecule has 2 heteroatoms. The lowest BCUT2D eigenvalue weighted by molar-refractivity contribution is -0.0718. The van der Waals surface area contributed by atoms with Gasteiger partial charge in [-0.1, -0.05) is 30.3 Å². The Balaban J connectivity index is 2.35. The van der Waals surface area contributed by atoms with Crippen LogP contribution in [0.1, 0.15) is 18.4 Å². The fraction of sp³-hybridized carbons (Fsp3) is 0.429. The molecule has 0 aliphatic rings. The van der Waals surface area contributed by atoms with Crippen LogP contribution in [0.15, 0.2) is 30.3 Å². The van der Waals surface area contributed by atoms with E-state index in [0.717, 1.165) is 12.8 Å². The normalized spacial score (nSPS) is 12.0. The Labute approximate surface area is 97.6 Å². The molecule has 1 atom stereocenters. The van der Waals surface area contributed by atoms with Crippen LogP contribution in [0, 0.1) is 12.3 Å². The van der Waals surface area contributed by atoms with Crippen molar-refractivity contribution in [1.29, 1.82) is 0 Å². The van der Waals surface area contributed by atoms with Gasteiger partial charge in [0.15, 0.2) is 0 Å². The van der Waals surface area contributed by atoms with Gasteiger partial charge in [0.25, 0.3) is 0 Å². The highest BCUT2D eigenvalue weighted by atomic mass is 16.7. The minimum Gasteiger partial charge on any atom is -0.359 e. The third-order valence-corrected chi connectivity index (χ3v) is 2.36. The summed E-state index contributed by atoms with van der Waals surface area (Å²) in [5, 5.41) is 0. The molecule has 16 heavy (non-hydrogen) atoms. The Morgan fingerprint density at radius 3 is 2.69 bits per heavy atom. The first-order chi connectivity index (χ1) is 7.86. The molecule has 0 heterocycles. The van der Waals surface area contributed by atoms with Gasteiger partial charge in [0, 0.05) is 13.5 Å². The van der Waals surface area contributed by atoms with Crippen LogP contribution < -0.4 is 0 Å². The van der Waals surface area contributed by atoms with Gasteiger partial charge in [-0.05, 0) is 18.4 Å². The van der Waals surface area contributed by atoms with E-state index in [4.69, 9.17) is 15.9 Å². The second-order valence-corrected chi connectivity index (χ2v) is 3.63. The summed E-state index contributed by atoms with van der Waals surface area (Å²) in [6.45, 7) is 0.307. The smallest absolute Gasteiger partial charge is 0.146 e. The van der Waals surface area contributed by atoms with Gasteiger partial charge in [-0.2, -0.15) is 0 Å². The van der Waals surface area contributed by atoms with Crippen LogP contribution in [0.25, 0.3) is 0 Å². The van der Waals surface area contributed by atoms with Crippen molar-refractivity contribution in [2.75, 3.05) is 13.9 Å². The number of rotatable bonds is 7. The maximum atomic E-state index is 5.49. The molecule has 0 N–H and O–H groups in total. The maximum Gasteiger partial charge on any atom is 0.146 e. The highest BCUT2D eigenvalue weighted by molar-refractivity contribution is 5.14. The van der Waals surface area contributed by atoms with Gasteiger partial charge < -0.3 is 9.47 Å². The number of methoxy groups -OCH3 is 1. The Bertz CT molecular complexity index is 313. The molecule has 1 unspecified atom stereocenters. The van der Waals surface area contributed by atoms with Gasteiger partial charge in [0.1, 0.15) is 6.79 Å². The number of terminal acetylenes is 1. The summed E-state index contributed by atoms with van der Waals surface area (Å²) < 4.78 is 10.4. The molecule has 1 aromatic carbocycles. The van der Waals surface area contributed by atoms with E-state index in [1.54, 1.807) is 7.11 Å². The van der Waals surface area contributed by atoms with E-state index in [1.807, 2.05) is 18.2 Å². The lowest BCUT2D eigenvalue weighted by Crippen LogP contribution is -2.15. The summed E-state index contributed by atoms with van der Waals surface area (Å²) >= 11 is 0. The predicted octanol–water partition coefficient (Wildman–Crippen LogP) is 2.63. The second kappa shape index (κ2) is 7.92. The third kappa shape index (κ3) is 4.97. The van der Waals surface area contributed by atoms with Gasteiger partial charge in [0.2, 0.25) is 0 Å². The van der Waals surface area contributed by atoms with Crippen LogP contribution in [0.4, 0.5) is 0 Å². The van der Waals surface area contributed by atoms with Crippen LogP contribution >= 0.6 is 0 Å². The first-order valence-electron chi connectivity index (χ1n) is 5.44. The lowest BCUT2D eigenvalue weighted by atomic mass is 10.1. The topological polar surface area (TPSA) is 18.5 Å². The Hall–Kier alpha value is -1.30. The van der Waals surface area contributed by atoms with E-state index in [0.29, 0.717) is 13.2 Å². The molecule has 0 saturated carbocycles. The highest BCUT2D eigenvalue weighted by Gasteiger charge is 2.07. The first-order valence-corrected chi connectivity index (χ1v) is 5.44. The average Bonchev–Trinajstić information content (AvgIpc) is 2.34. The molecule has 86 valence electrons.